The Morgan fingerprint density at radius 1 is 1.25 bits per heavy atom. The first-order valence-electron chi connectivity index (χ1n) is 8.43. The van der Waals surface area contributed by atoms with Crippen molar-refractivity contribution >= 4 is 23.1 Å². The Kier molecular flexibility index (Phi) is 5.82. The van der Waals surface area contributed by atoms with Gasteiger partial charge in [0.25, 0.3) is 5.91 Å². The van der Waals surface area contributed by atoms with Gasteiger partial charge in [-0.15, -0.1) is 0 Å². The zero-order chi connectivity index (χ0) is 16.8. The minimum atomic E-state index is -0.676. The van der Waals surface area contributed by atoms with Crippen LogP contribution in [0, 0.1) is 0 Å². The highest BCUT2D eigenvalue weighted by Crippen LogP contribution is 2.18. The molecule has 6 heteroatoms. The number of hydrogen-bond donors (Lipinski definition) is 2. The number of aromatic nitrogens is 1. The van der Waals surface area contributed by atoms with Crippen LogP contribution in [0.15, 0.2) is 35.2 Å². The number of rotatable bonds is 5. The molecule has 1 aliphatic heterocycles. The molecule has 2 aromatic rings. The molecule has 1 atom stereocenters. The van der Waals surface area contributed by atoms with Crippen molar-refractivity contribution < 1.29 is 9.90 Å². The Morgan fingerprint density at radius 2 is 2.04 bits per heavy atom. The normalized spacial score (nSPS) is 16.5. The molecule has 24 heavy (non-hydrogen) atoms. The topological polar surface area (TPSA) is 65.5 Å². The molecule has 0 saturated carbocycles. The lowest BCUT2D eigenvalue weighted by Gasteiger charge is -2.21. The molecular formula is C18H23N3O2S. The maximum absolute atomic E-state index is 12.2. The number of carbonyl (C=O) groups is 1. The average molecular weight is 345 g/mol. The van der Waals surface area contributed by atoms with Crippen LogP contribution < -0.4 is 10.2 Å². The highest BCUT2D eigenvalue weighted by atomic mass is 32.1. The summed E-state index contributed by atoms with van der Waals surface area (Å²) in [6, 6.07) is 5.58. The predicted octanol–water partition coefficient (Wildman–Crippen LogP) is 2.99. The van der Waals surface area contributed by atoms with Crippen molar-refractivity contribution in [3.8, 4) is 0 Å². The van der Waals surface area contributed by atoms with Gasteiger partial charge in [-0.1, -0.05) is 12.8 Å². The Bertz CT molecular complexity index is 635. The van der Waals surface area contributed by atoms with Gasteiger partial charge in [0.15, 0.2) is 0 Å². The van der Waals surface area contributed by atoms with Crippen LogP contribution in [0.3, 0.4) is 0 Å². The van der Waals surface area contributed by atoms with E-state index in [-0.39, 0.29) is 12.5 Å². The molecule has 2 N–H and O–H groups in total. The third-order valence-corrected chi connectivity index (χ3v) is 5.03. The predicted molar refractivity (Wildman–Crippen MR) is 96.5 cm³/mol. The molecular weight excluding hydrogens is 322 g/mol. The summed E-state index contributed by atoms with van der Waals surface area (Å²) in [7, 11) is 0. The Labute approximate surface area is 146 Å². The fourth-order valence-electron chi connectivity index (χ4n) is 2.88. The van der Waals surface area contributed by atoms with Gasteiger partial charge in [-0.25, -0.2) is 4.98 Å². The molecule has 1 fully saturated rings. The Morgan fingerprint density at radius 3 is 2.67 bits per heavy atom. The molecule has 0 bridgehead atoms. The molecule has 0 aromatic carbocycles. The van der Waals surface area contributed by atoms with Gasteiger partial charge in [-0.3, -0.25) is 4.79 Å². The fourth-order valence-corrected chi connectivity index (χ4v) is 3.59. The van der Waals surface area contributed by atoms with E-state index < -0.39 is 6.10 Å². The maximum Gasteiger partial charge on any atom is 0.252 e. The van der Waals surface area contributed by atoms with E-state index >= 15 is 0 Å². The first kappa shape index (κ1) is 16.9. The van der Waals surface area contributed by atoms with Crippen LogP contribution in [0.5, 0.6) is 0 Å². The van der Waals surface area contributed by atoms with Gasteiger partial charge < -0.3 is 15.3 Å². The highest BCUT2D eigenvalue weighted by Gasteiger charge is 2.14. The average Bonchev–Trinajstić information content (AvgIpc) is 3.02. The largest absolute Gasteiger partial charge is 0.387 e. The number of aliphatic hydroxyl groups is 1. The van der Waals surface area contributed by atoms with Gasteiger partial charge in [0, 0.05) is 25.8 Å². The number of hydrogen-bond acceptors (Lipinski definition) is 5. The van der Waals surface area contributed by atoms with E-state index in [0.717, 1.165) is 24.5 Å². The van der Waals surface area contributed by atoms with Gasteiger partial charge in [0.05, 0.1) is 11.7 Å². The summed E-state index contributed by atoms with van der Waals surface area (Å²) in [5.41, 5.74) is 1.35. The number of nitrogens with one attached hydrogen (secondary N) is 1. The molecule has 2 aromatic heterocycles. The van der Waals surface area contributed by atoms with E-state index in [1.807, 2.05) is 22.9 Å². The number of thiophene rings is 1. The Balaban J connectivity index is 1.55. The SMILES string of the molecule is O=C(NCC(O)c1ccsc1)c1ccc(N2CCCCCC2)nc1. The molecule has 128 valence electrons. The van der Waals surface area contributed by atoms with Crippen LogP contribution in [-0.4, -0.2) is 35.6 Å². The van der Waals surface area contributed by atoms with Crippen molar-refractivity contribution in [2.75, 3.05) is 24.5 Å². The van der Waals surface area contributed by atoms with Crippen LogP contribution in [0.2, 0.25) is 0 Å². The molecule has 0 aliphatic carbocycles. The fraction of sp³-hybridized carbons (Fsp3) is 0.444. The number of aliphatic hydroxyl groups excluding tert-OH is 1. The number of amides is 1. The van der Waals surface area contributed by atoms with Gasteiger partial charge in [0.1, 0.15) is 5.82 Å². The van der Waals surface area contributed by atoms with Crippen molar-refractivity contribution in [1.29, 1.82) is 0 Å². The van der Waals surface area contributed by atoms with Crippen molar-refractivity contribution in [3.05, 3.63) is 46.3 Å². The standard InChI is InChI=1S/C18H23N3O2S/c22-16(15-7-10-24-13-15)12-20-18(23)14-5-6-17(19-11-14)21-8-3-1-2-4-9-21/h5-7,10-11,13,16,22H,1-4,8-9,12H2,(H,20,23). The minimum Gasteiger partial charge on any atom is -0.387 e. The summed E-state index contributed by atoms with van der Waals surface area (Å²) in [5.74, 6) is 0.728. The second kappa shape index (κ2) is 8.26. The van der Waals surface area contributed by atoms with Gasteiger partial charge in [-0.05, 0) is 47.4 Å². The van der Waals surface area contributed by atoms with E-state index in [4.69, 9.17) is 0 Å². The molecule has 3 rings (SSSR count). The van der Waals surface area contributed by atoms with E-state index in [2.05, 4.69) is 15.2 Å². The van der Waals surface area contributed by atoms with Crippen molar-refractivity contribution in [2.45, 2.75) is 31.8 Å². The summed E-state index contributed by atoms with van der Waals surface area (Å²) in [6.45, 7) is 2.26. The second-order valence-corrected chi connectivity index (χ2v) is 6.87. The minimum absolute atomic E-state index is 0.198. The maximum atomic E-state index is 12.2. The van der Waals surface area contributed by atoms with Gasteiger partial charge in [-0.2, -0.15) is 11.3 Å². The Hall–Kier alpha value is -1.92. The molecule has 3 heterocycles. The second-order valence-electron chi connectivity index (χ2n) is 6.09. The van der Waals surface area contributed by atoms with Crippen molar-refractivity contribution in [2.24, 2.45) is 0 Å². The number of pyridine rings is 1. The van der Waals surface area contributed by atoms with Crippen LogP contribution in [0.25, 0.3) is 0 Å². The first-order chi connectivity index (χ1) is 11.7. The van der Waals surface area contributed by atoms with Crippen LogP contribution in [0.1, 0.15) is 47.7 Å². The number of nitrogens with zero attached hydrogens (tertiary/aromatic N) is 2. The van der Waals surface area contributed by atoms with E-state index in [1.165, 1.54) is 37.0 Å². The van der Waals surface area contributed by atoms with E-state index in [1.54, 1.807) is 12.3 Å². The third kappa shape index (κ3) is 4.33. The van der Waals surface area contributed by atoms with E-state index in [0.29, 0.717) is 5.56 Å². The molecule has 5 nitrogen and oxygen atoms in total. The van der Waals surface area contributed by atoms with Crippen LogP contribution >= 0.6 is 11.3 Å². The molecule has 1 unspecified atom stereocenters. The van der Waals surface area contributed by atoms with Crippen LogP contribution in [0.4, 0.5) is 5.82 Å². The molecule has 1 saturated heterocycles. The first-order valence-corrected chi connectivity index (χ1v) is 9.37. The third-order valence-electron chi connectivity index (χ3n) is 4.32. The lowest BCUT2D eigenvalue weighted by atomic mass is 10.2. The van der Waals surface area contributed by atoms with Crippen molar-refractivity contribution in [1.82, 2.24) is 10.3 Å². The monoisotopic (exact) mass is 345 g/mol. The summed E-state index contributed by atoms with van der Waals surface area (Å²) in [5, 5.41) is 16.6. The zero-order valence-corrected chi connectivity index (χ0v) is 14.5. The van der Waals surface area contributed by atoms with Crippen LogP contribution in [-0.2, 0) is 0 Å². The van der Waals surface area contributed by atoms with E-state index in [9.17, 15) is 9.90 Å². The van der Waals surface area contributed by atoms with Crippen molar-refractivity contribution in [3.63, 3.8) is 0 Å². The summed E-state index contributed by atoms with van der Waals surface area (Å²) >= 11 is 1.53. The lowest BCUT2D eigenvalue weighted by molar-refractivity contribution is 0.0916. The molecule has 1 amide bonds. The number of anilines is 1. The number of carbonyl (C=O) groups excluding carboxylic acids is 1. The zero-order valence-electron chi connectivity index (χ0n) is 13.6. The molecule has 0 radical (unpaired) electrons. The summed E-state index contributed by atoms with van der Waals surface area (Å²) in [4.78, 5) is 18.9. The van der Waals surface area contributed by atoms with Gasteiger partial charge in [0.2, 0.25) is 0 Å². The molecule has 1 aliphatic rings. The molecule has 0 spiro atoms. The van der Waals surface area contributed by atoms with Gasteiger partial charge >= 0.3 is 0 Å². The summed E-state index contributed by atoms with van der Waals surface area (Å²) < 4.78 is 0. The smallest absolute Gasteiger partial charge is 0.252 e. The highest BCUT2D eigenvalue weighted by molar-refractivity contribution is 7.07. The lowest BCUT2D eigenvalue weighted by Crippen LogP contribution is -2.29. The summed E-state index contributed by atoms with van der Waals surface area (Å²) in [6.07, 6.45) is 5.90. The quantitative estimate of drug-likeness (QED) is 0.874.